The standard InChI is InChI=1S/C28H27ClFNO4/c1-16-25(28(33)35-15-20-5-4-12-34-20)26(21-6-2-3-7-22(21)29)27-23(31-16)13-18(14-24(27)32)17-8-10-19(30)11-9-17/h2-3,6-11,18,20,26,31H,4-5,12-15H2,1H3/t18-,20-,26+/m1/s1. The van der Waals surface area contributed by atoms with Crippen molar-refractivity contribution in [2.75, 3.05) is 13.2 Å². The molecule has 2 aromatic carbocycles. The molecule has 0 unspecified atom stereocenters. The van der Waals surface area contributed by atoms with E-state index in [9.17, 15) is 14.0 Å². The molecule has 1 saturated heterocycles. The van der Waals surface area contributed by atoms with Crippen LogP contribution in [0.1, 0.15) is 55.6 Å². The number of hydrogen-bond donors (Lipinski definition) is 1. The highest BCUT2D eigenvalue weighted by atomic mass is 35.5. The molecule has 1 fully saturated rings. The largest absolute Gasteiger partial charge is 0.459 e. The van der Waals surface area contributed by atoms with Crippen molar-refractivity contribution in [1.29, 1.82) is 0 Å². The van der Waals surface area contributed by atoms with Crippen molar-refractivity contribution < 1.29 is 23.5 Å². The number of ether oxygens (including phenoxy) is 2. The Morgan fingerprint density at radius 2 is 1.94 bits per heavy atom. The third kappa shape index (κ3) is 4.78. The monoisotopic (exact) mass is 495 g/mol. The number of Topliss-reactive ketones (excluding diaryl/α,β-unsaturated/α-hetero) is 1. The molecule has 0 radical (unpaired) electrons. The summed E-state index contributed by atoms with van der Waals surface area (Å²) in [5.74, 6) is -1.55. The molecular formula is C28H27ClFNO4. The lowest BCUT2D eigenvalue weighted by atomic mass is 9.71. The van der Waals surface area contributed by atoms with E-state index in [1.807, 2.05) is 25.1 Å². The van der Waals surface area contributed by atoms with Crippen molar-refractivity contribution in [1.82, 2.24) is 5.32 Å². The van der Waals surface area contributed by atoms with Crippen LogP contribution in [0.3, 0.4) is 0 Å². The second kappa shape index (κ2) is 9.96. The van der Waals surface area contributed by atoms with Crippen LogP contribution in [-0.2, 0) is 19.1 Å². The molecule has 1 aliphatic carbocycles. The van der Waals surface area contributed by atoms with Crippen molar-refractivity contribution in [3.63, 3.8) is 0 Å². The lowest BCUT2D eigenvalue weighted by Crippen LogP contribution is -2.36. The van der Waals surface area contributed by atoms with Gasteiger partial charge in [0.15, 0.2) is 5.78 Å². The van der Waals surface area contributed by atoms with Gasteiger partial charge in [-0.05, 0) is 61.4 Å². The molecule has 35 heavy (non-hydrogen) atoms. The lowest BCUT2D eigenvalue weighted by molar-refractivity contribution is -0.142. The number of hydrogen-bond acceptors (Lipinski definition) is 5. The first-order chi connectivity index (χ1) is 16.9. The summed E-state index contributed by atoms with van der Waals surface area (Å²) in [4.78, 5) is 27.0. The molecule has 0 aromatic heterocycles. The molecule has 1 N–H and O–H groups in total. The number of carbonyl (C=O) groups is 2. The molecule has 182 valence electrons. The SMILES string of the molecule is CC1=C(C(=O)OC[C@H]2CCCO2)[C@H](c2ccccc2Cl)C2=C(C[C@@H](c3ccc(F)cc3)CC2=O)N1. The van der Waals surface area contributed by atoms with Crippen LogP contribution in [0.4, 0.5) is 4.39 Å². The number of ketones is 1. The highest BCUT2D eigenvalue weighted by Gasteiger charge is 2.42. The number of esters is 1. The van der Waals surface area contributed by atoms with Gasteiger partial charge in [0.25, 0.3) is 0 Å². The Morgan fingerprint density at radius 1 is 1.17 bits per heavy atom. The minimum absolute atomic E-state index is 0.0603. The van der Waals surface area contributed by atoms with Gasteiger partial charge in [-0.2, -0.15) is 0 Å². The van der Waals surface area contributed by atoms with E-state index in [0.29, 0.717) is 40.5 Å². The maximum atomic E-state index is 13.6. The van der Waals surface area contributed by atoms with E-state index in [1.165, 1.54) is 12.1 Å². The van der Waals surface area contributed by atoms with Gasteiger partial charge in [0.1, 0.15) is 12.4 Å². The topological polar surface area (TPSA) is 64.6 Å². The number of allylic oxidation sites excluding steroid dienone is 3. The highest BCUT2D eigenvalue weighted by molar-refractivity contribution is 6.31. The fourth-order valence-corrected chi connectivity index (χ4v) is 5.57. The second-order valence-corrected chi connectivity index (χ2v) is 9.73. The van der Waals surface area contributed by atoms with Crippen molar-refractivity contribution in [3.05, 3.63) is 93.0 Å². The second-order valence-electron chi connectivity index (χ2n) is 9.32. The van der Waals surface area contributed by atoms with Crippen LogP contribution in [0.5, 0.6) is 0 Å². The quantitative estimate of drug-likeness (QED) is 0.550. The molecule has 3 atom stereocenters. The molecule has 2 aromatic rings. The Kier molecular flexibility index (Phi) is 6.76. The average molecular weight is 496 g/mol. The summed E-state index contributed by atoms with van der Waals surface area (Å²) in [5.41, 5.74) is 3.95. The molecule has 0 amide bonds. The summed E-state index contributed by atoms with van der Waals surface area (Å²) in [6.07, 6.45) is 2.55. The van der Waals surface area contributed by atoms with Crippen LogP contribution in [0, 0.1) is 5.82 Å². The molecule has 0 saturated carbocycles. The van der Waals surface area contributed by atoms with E-state index >= 15 is 0 Å². The Balaban J connectivity index is 1.51. The number of rotatable bonds is 5. The third-order valence-corrected chi connectivity index (χ3v) is 7.37. The molecule has 0 spiro atoms. The molecule has 7 heteroatoms. The average Bonchev–Trinajstić information content (AvgIpc) is 3.36. The molecule has 5 nitrogen and oxygen atoms in total. The van der Waals surface area contributed by atoms with E-state index in [0.717, 1.165) is 24.1 Å². The van der Waals surface area contributed by atoms with Gasteiger partial charge >= 0.3 is 5.97 Å². The van der Waals surface area contributed by atoms with Crippen molar-refractivity contribution >= 4 is 23.4 Å². The first-order valence-corrected chi connectivity index (χ1v) is 12.3. The number of dihydropyridines is 1. The minimum atomic E-state index is -0.626. The van der Waals surface area contributed by atoms with Crippen LogP contribution in [0.2, 0.25) is 5.02 Å². The zero-order valence-corrected chi connectivity index (χ0v) is 20.2. The minimum Gasteiger partial charge on any atom is -0.459 e. The van der Waals surface area contributed by atoms with Gasteiger partial charge in [0, 0.05) is 40.9 Å². The molecule has 2 aliphatic heterocycles. The van der Waals surface area contributed by atoms with Crippen LogP contribution in [0.15, 0.2) is 71.1 Å². The van der Waals surface area contributed by atoms with E-state index in [1.54, 1.807) is 18.2 Å². The zero-order chi connectivity index (χ0) is 24.5. The van der Waals surface area contributed by atoms with Crippen LogP contribution >= 0.6 is 11.6 Å². The fraction of sp³-hybridized carbons (Fsp3) is 0.357. The fourth-order valence-electron chi connectivity index (χ4n) is 5.32. The third-order valence-electron chi connectivity index (χ3n) is 7.03. The summed E-state index contributed by atoms with van der Waals surface area (Å²) >= 11 is 6.59. The van der Waals surface area contributed by atoms with Gasteiger partial charge in [-0.25, -0.2) is 9.18 Å². The molecular weight excluding hydrogens is 469 g/mol. The molecule has 2 heterocycles. The molecule has 0 bridgehead atoms. The maximum Gasteiger partial charge on any atom is 0.336 e. The zero-order valence-electron chi connectivity index (χ0n) is 19.5. The summed E-state index contributed by atoms with van der Waals surface area (Å²) < 4.78 is 24.7. The van der Waals surface area contributed by atoms with Gasteiger partial charge in [-0.3, -0.25) is 4.79 Å². The van der Waals surface area contributed by atoms with Crippen molar-refractivity contribution in [2.24, 2.45) is 0 Å². The Labute approximate surface area is 208 Å². The number of benzene rings is 2. The Hall–Kier alpha value is -2.96. The number of halogens is 2. The number of nitrogens with one attached hydrogen (secondary N) is 1. The Morgan fingerprint density at radius 3 is 2.66 bits per heavy atom. The van der Waals surface area contributed by atoms with Crippen LogP contribution in [-0.4, -0.2) is 31.1 Å². The van der Waals surface area contributed by atoms with Crippen LogP contribution in [0.25, 0.3) is 0 Å². The molecule has 3 aliphatic rings. The van der Waals surface area contributed by atoms with E-state index < -0.39 is 11.9 Å². The lowest BCUT2D eigenvalue weighted by Gasteiger charge is -2.37. The normalized spacial score (nSPS) is 24.3. The summed E-state index contributed by atoms with van der Waals surface area (Å²) in [7, 11) is 0. The van der Waals surface area contributed by atoms with Gasteiger partial charge in [0.05, 0.1) is 11.7 Å². The molecule has 5 rings (SSSR count). The first kappa shape index (κ1) is 23.8. The maximum absolute atomic E-state index is 13.6. The van der Waals surface area contributed by atoms with Gasteiger partial charge < -0.3 is 14.8 Å². The summed E-state index contributed by atoms with van der Waals surface area (Å²) in [6.45, 7) is 2.67. The smallest absolute Gasteiger partial charge is 0.336 e. The predicted molar refractivity (Wildman–Crippen MR) is 130 cm³/mol. The first-order valence-electron chi connectivity index (χ1n) is 11.9. The Bertz CT molecular complexity index is 1210. The van der Waals surface area contributed by atoms with E-state index in [-0.39, 0.29) is 36.7 Å². The number of carbonyl (C=O) groups excluding carboxylic acids is 2. The summed E-state index contributed by atoms with van der Waals surface area (Å²) in [6, 6.07) is 13.6. The van der Waals surface area contributed by atoms with Crippen LogP contribution < -0.4 is 5.32 Å². The van der Waals surface area contributed by atoms with E-state index in [4.69, 9.17) is 21.1 Å². The predicted octanol–water partition coefficient (Wildman–Crippen LogP) is 5.56. The van der Waals surface area contributed by atoms with Crippen molar-refractivity contribution in [3.8, 4) is 0 Å². The van der Waals surface area contributed by atoms with E-state index in [2.05, 4.69) is 5.32 Å². The highest BCUT2D eigenvalue weighted by Crippen LogP contribution is 2.47. The van der Waals surface area contributed by atoms with Crippen molar-refractivity contribution in [2.45, 2.75) is 50.5 Å². The summed E-state index contributed by atoms with van der Waals surface area (Å²) in [5, 5.41) is 3.81. The van der Waals surface area contributed by atoms with Gasteiger partial charge in [-0.1, -0.05) is 41.9 Å². The van der Waals surface area contributed by atoms with Gasteiger partial charge in [-0.15, -0.1) is 0 Å². The van der Waals surface area contributed by atoms with Gasteiger partial charge in [0.2, 0.25) is 0 Å².